The average Bonchev–Trinajstić information content (AvgIpc) is 2.29. The number of carbonyl (C=O) groups is 1. The van der Waals surface area contributed by atoms with E-state index in [2.05, 4.69) is 5.32 Å². The quantitative estimate of drug-likeness (QED) is 0.760. The molecule has 3 heteroatoms. The molecule has 0 aromatic heterocycles. The van der Waals surface area contributed by atoms with Crippen molar-refractivity contribution in [3.63, 3.8) is 0 Å². The van der Waals surface area contributed by atoms with Crippen LogP contribution in [-0.4, -0.2) is 16.7 Å². The maximum atomic E-state index is 10.9. The Morgan fingerprint density at radius 2 is 2.06 bits per heavy atom. The number of hydrogen-bond acceptors (Lipinski definition) is 2. The van der Waals surface area contributed by atoms with Crippen molar-refractivity contribution < 1.29 is 9.90 Å². The molecule has 17 heavy (non-hydrogen) atoms. The average molecular weight is 229 g/mol. The summed E-state index contributed by atoms with van der Waals surface area (Å²) in [4.78, 5) is 10.9. The maximum Gasteiger partial charge on any atom is 0.219 e. The summed E-state index contributed by atoms with van der Waals surface area (Å²) in [6.45, 7) is 1.39. The van der Waals surface area contributed by atoms with Crippen LogP contribution in [-0.2, 0) is 4.79 Å². The Morgan fingerprint density at radius 1 is 1.35 bits per heavy atom. The van der Waals surface area contributed by atoms with Gasteiger partial charge in [0.1, 0.15) is 0 Å². The van der Waals surface area contributed by atoms with Crippen LogP contribution in [0.5, 0.6) is 0 Å². The predicted octanol–water partition coefficient (Wildman–Crippen LogP) is 1.85. The lowest BCUT2D eigenvalue weighted by molar-refractivity contribution is -0.124. The number of carbonyl (C=O) groups excluding carboxylic acids is 1. The summed E-state index contributed by atoms with van der Waals surface area (Å²) in [7, 11) is 0. The van der Waals surface area contributed by atoms with Crippen LogP contribution >= 0.6 is 0 Å². The third-order valence-corrected chi connectivity index (χ3v) is 2.67. The molecule has 2 rings (SSSR count). The van der Waals surface area contributed by atoms with E-state index in [1.54, 1.807) is 6.08 Å². The van der Waals surface area contributed by atoms with Gasteiger partial charge in [-0.25, -0.2) is 0 Å². The second kappa shape index (κ2) is 4.55. The third-order valence-electron chi connectivity index (χ3n) is 2.67. The van der Waals surface area contributed by atoms with Gasteiger partial charge in [0, 0.05) is 13.3 Å². The van der Waals surface area contributed by atoms with E-state index in [9.17, 15) is 9.90 Å². The monoisotopic (exact) mass is 229 g/mol. The van der Waals surface area contributed by atoms with Gasteiger partial charge >= 0.3 is 0 Å². The molecule has 1 aliphatic rings. The zero-order chi connectivity index (χ0) is 12.3. The second-order valence-corrected chi connectivity index (χ2v) is 4.17. The molecular weight excluding hydrogens is 214 g/mol. The number of hydrogen-bond donors (Lipinski definition) is 2. The fourth-order valence-electron chi connectivity index (χ4n) is 1.87. The Balaban J connectivity index is 2.14. The van der Waals surface area contributed by atoms with E-state index in [1.807, 2.05) is 42.5 Å². The van der Waals surface area contributed by atoms with Crippen molar-refractivity contribution in [1.29, 1.82) is 0 Å². The highest BCUT2D eigenvalue weighted by Gasteiger charge is 2.25. The van der Waals surface area contributed by atoms with E-state index < -0.39 is 5.72 Å². The molecule has 0 aliphatic heterocycles. The van der Waals surface area contributed by atoms with E-state index in [0.717, 1.165) is 11.1 Å². The van der Waals surface area contributed by atoms with Crippen LogP contribution in [0.1, 0.15) is 18.9 Å². The standard InChI is InChI=1S/C14H15NO2/c1-11(16)15-14(17)9-7-13(8-10-14)12-5-3-2-4-6-12/h2-9,17H,10H2,1H3,(H,15,16). The first-order valence-electron chi connectivity index (χ1n) is 5.55. The third kappa shape index (κ3) is 2.82. The van der Waals surface area contributed by atoms with Crippen LogP contribution in [0, 0.1) is 0 Å². The highest BCUT2D eigenvalue weighted by Crippen LogP contribution is 2.25. The molecule has 1 unspecified atom stereocenters. The second-order valence-electron chi connectivity index (χ2n) is 4.17. The van der Waals surface area contributed by atoms with Gasteiger partial charge in [0.2, 0.25) is 5.91 Å². The van der Waals surface area contributed by atoms with Crippen LogP contribution in [0.15, 0.2) is 48.6 Å². The minimum Gasteiger partial charge on any atom is -0.367 e. The van der Waals surface area contributed by atoms with E-state index in [1.165, 1.54) is 6.92 Å². The number of rotatable bonds is 2. The number of nitrogens with one attached hydrogen (secondary N) is 1. The number of allylic oxidation sites excluding steroid dienone is 2. The van der Waals surface area contributed by atoms with E-state index in [4.69, 9.17) is 0 Å². The van der Waals surface area contributed by atoms with Crippen LogP contribution < -0.4 is 5.32 Å². The first-order valence-corrected chi connectivity index (χ1v) is 5.55. The highest BCUT2D eigenvalue weighted by atomic mass is 16.3. The number of aliphatic hydroxyl groups is 1. The molecule has 1 amide bonds. The number of amides is 1. The van der Waals surface area contributed by atoms with Crippen molar-refractivity contribution in [3.8, 4) is 0 Å². The molecule has 1 aromatic rings. The highest BCUT2D eigenvalue weighted by molar-refractivity contribution is 5.77. The Morgan fingerprint density at radius 3 is 2.59 bits per heavy atom. The molecule has 0 bridgehead atoms. The van der Waals surface area contributed by atoms with Crippen molar-refractivity contribution in [3.05, 3.63) is 54.1 Å². The fraction of sp³-hybridized carbons (Fsp3) is 0.214. The summed E-state index contributed by atoms with van der Waals surface area (Å²) in [5.74, 6) is -0.242. The minimum atomic E-state index is -1.25. The lowest BCUT2D eigenvalue weighted by Crippen LogP contribution is -2.46. The Labute approximate surface area is 100 Å². The van der Waals surface area contributed by atoms with Crippen LogP contribution in [0.25, 0.3) is 5.57 Å². The van der Waals surface area contributed by atoms with Crippen molar-refractivity contribution in [1.82, 2.24) is 5.32 Å². The van der Waals surface area contributed by atoms with Gasteiger partial charge in [-0.05, 0) is 17.2 Å². The fourth-order valence-corrected chi connectivity index (χ4v) is 1.87. The molecule has 0 fully saturated rings. The van der Waals surface area contributed by atoms with Gasteiger partial charge in [0.05, 0.1) is 0 Å². The lowest BCUT2D eigenvalue weighted by atomic mass is 9.95. The van der Waals surface area contributed by atoms with Crippen molar-refractivity contribution in [2.24, 2.45) is 0 Å². The van der Waals surface area contributed by atoms with Gasteiger partial charge in [-0.2, -0.15) is 0 Å². The summed E-state index contributed by atoms with van der Waals surface area (Å²) < 4.78 is 0. The summed E-state index contributed by atoms with van der Waals surface area (Å²) in [6.07, 6.45) is 5.75. The molecule has 3 nitrogen and oxygen atoms in total. The van der Waals surface area contributed by atoms with Crippen LogP contribution in [0.4, 0.5) is 0 Å². The topological polar surface area (TPSA) is 49.3 Å². The summed E-state index contributed by atoms with van der Waals surface area (Å²) in [5.41, 5.74) is 0.915. The van der Waals surface area contributed by atoms with Gasteiger partial charge in [-0.3, -0.25) is 4.79 Å². The summed E-state index contributed by atoms with van der Waals surface area (Å²) in [5, 5.41) is 12.6. The first kappa shape index (κ1) is 11.6. The Bertz CT molecular complexity index is 476. The molecule has 1 atom stereocenters. The molecule has 1 aliphatic carbocycles. The van der Waals surface area contributed by atoms with E-state index in [0.29, 0.717) is 6.42 Å². The molecule has 0 radical (unpaired) electrons. The zero-order valence-electron chi connectivity index (χ0n) is 9.68. The van der Waals surface area contributed by atoms with Crippen molar-refractivity contribution >= 4 is 11.5 Å². The van der Waals surface area contributed by atoms with Crippen LogP contribution in [0.3, 0.4) is 0 Å². The molecule has 0 heterocycles. The Hall–Kier alpha value is -1.87. The Kier molecular flexibility index (Phi) is 3.11. The van der Waals surface area contributed by atoms with Gasteiger partial charge in [-0.15, -0.1) is 0 Å². The van der Waals surface area contributed by atoms with E-state index >= 15 is 0 Å². The van der Waals surface area contributed by atoms with Gasteiger partial charge in [0.15, 0.2) is 5.72 Å². The SMILES string of the molecule is CC(=O)NC1(O)C=CC(c2ccccc2)=CC1. The largest absolute Gasteiger partial charge is 0.367 e. The van der Waals surface area contributed by atoms with E-state index in [-0.39, 0.29) is 5.91 Å². The predicted molar refractivity (Wildman–Crippen MR) is 66.9 cm³/mol. The normalized spacial score (nSPS) is 23.1. The molecule has 0 spiro atoms. The minimum absolute atomic E-state index is 0.242. The molecule has 0 saturated heterocycles. The molecule has 2 N–H and O–H groups in total. The summed E-state index contributed by atoms with van der Waals surface area (Å²) in [6, 6.07) is 9.93. The zero-order valence-corrected chi connectivity index (χ0v) is 9.68. The maximum absolute atomic E-state index is 10.9. The molecule has 0 saturated carbocycles. The van der Waals surface area contributed by atoms with Crippen LogP contribution in [0.2, 0.25) is 0 Å². The summed E-state index contributed by atoms with van der Waals surface area (Å²) >= 11 is 0. The van der Waals surface area contributed by atoms with Crippen molar-refractivity contribution in [2.75, 3.05) is 0 Å². The van der Waals surface area contributed by atoms with Gasteiger partial charge in [0.25, 0.3) is 0 Å². The van der Waals surface area contributed by atoms with Gasteiger partial charge < -0.3 is 10.4 Å². The smallest absolute Gasteiger partial charge is 0.219 e. The molecule has 1 aromatic carbocycles. The molecular formula is C14H15NO2. The van der Waals surface area contributed by atoms with Crippen molar-refractivity contribution in [2.45, 2.75) is 19.1 Å². The molecule has 88 valence electrons. The van der Waals surface area contributed by atoms with Gasteiger partial charge in [-0.1, -0.05) is 42.5 Å². The lowest BCUT2D eigenvalue weighted by Gasteiger charge is -2.27. The number of benzene rings is 1. The first-order chi connectivity index (χ1) is 8.09.